The van der Waals surface area contributed by atoms with Gasteiger partial charge in [-0.2, -0.15) is 0 Å². The topological polar surface area (TPSA) is 35.5 Å². The molecule has 1 heterocycles. The van der Waals surface area contributed by atoms with E-state index in [-0.39, 0.29) is 5.78 Å². The summed E-state index contributed by atoms with van der Waals surface area (Å²) in [6.07, 6.45) is 1.81. The van der Waals surface area contributed by atoms with Gasteiger partial charge in [0.2, 0.25) is 5.78 Å². The largest absolute Gasteiger partial charge is 0.488 e. The average Bonchev–Trinajstić information content (AvgIpc) is 3.06. The van der Waals surface area contributed by atoms with Gasteiger partial charge in [-0.1, -0.05) is 61.9 Å². The molecule has 3 aromatic carbocycles. The summed E-state index contributed by atoms with van der Waals surface area (Å²) in [6.45, 7) is 10.9. The minimum atomic E-state index is -0.0906. The van der Waals surface area contributed by atoms with E-state index in [1.807, 2.05) is 31.2 Å². The number of hydrogen-bond acceptors (Lipinski definition) is 3. The van der Waals surface area contributed by atoms with Crippen LogP contribution in [0.5, 0.6) is 11.5 Å². The van der Waals surface area contributed by atoms with Crippen LogP contribution in [0, 0.1) is 20.8 Å². The molecule has 0 fully saturated rings. The fraction of sp³-hybridized carbons (Fsp3) is 0.250. The van der Waals surface area contributed by atoms with Crippen molar-refractivity contribution in [2.24, 2.45) is 0 Å². The second-order valence-corrected chi connectivity index (χ2v) is 8.55. The van der Waals surface area contributed by atoms with Crippen LogP contribution in [0.1, 0.15) is 63.5 Å². The Morgan fingerprint density at radius 2 is 1.71 bits per heavy atom. The highest BCUT2D eigenvalue weighted by Gasteiger charge is 2.30. The predicted octanol–water partition coefficient (Wildman–Crippen LogP) is 6.93. The maximum absolute atomic E-state index is 12.9. The average molecular weight is 413 g/mol. The molecule has 31 heavy (non-hydrogen) atoms. The van der Waals surface area contributed by atoms with E-state index in [9.17, 15) is 4.79 Å². The van der Waals surface area contributed by atoms with Crippen LogP contribution in [0.2, 0.25) is 0 Å². The van der Waals surface area contributed by atoms with E-state index in [2.05, 4.69) is 58.0 Å². The first-order chi connectivity index (χ1) is 14.8. The molecule has 3 heteroatoms. The zero-order valence-electron chi connectivity index (χ0n) is 18.8. The third-order valence-corrected chi connectivity index (χ3v) is 5.83. The van der Waals surface area contributed by atoms with E-state index in [0.717, 1.165) is 22.4 Å². The minimum Gasteiger partial charge on any atom is -0.488 e. The number of ketones is 1. The molecular weight excluding hydrogens is 384 g/mol. The van der Waals surface area contributed by atoms with Gasteiger partial charge in [0.25, 0.3) is 0 Å². The Kier molecular flexibility index (Phi) is 5.69. The smallest absolute Gasteiger partial charge is 0.231 e. The van der Waals surface area contributed by atoms with Crippen LogP contribution >= 0.6 is 0 Å². The van der Waals surface area contributed by atoms with Crippen molar-refractivity contribution >= 4 is 11.9 Å². The second kappa shape index (κ2) is 8.43. The highest BCUT2D eigenvalue weighted by Crippen LogP contribution is 2.39. The number of allylic oxidation sites excluding steroid dienone is 1. The number of hydrogen-bond donors (Lipinski definition) is 0. The monoisotopic (exact) mass is 412 g/mol. The molecule has 1 aliphatic rings. The Hall–Kier alpha value is -3.33. The number of fused-ring (bicyclic) bond motifs is 1. The highest BCUT2D eigenvalue weighted by molar-refractivity contribution is 6.14. The Bertz CT molecular complexity index is 1170. The number of carbonyl (C=O) groups is 1. The summed E-state index contributed by atoms with van der Waals surface area (Å²) in [5.41, 5.74) is 7.21. The number of Topliss-reactive ketones (excluding diaryl/α,β-unsaturated/α-hetero) is 1. The van der Waals surface area contributed by atoms with Crippen molar-refractivity contribution in [3.8, 4) is 11.5 Å². The van der Waals surface area contributed by atoms with E-state index in [0.29, 0.717) is 29.6 Å². The summed E-state index contributed by atoms with van der Waals surface area (Å²) in [7, 11) is 0. The van der Waals surface area contributed by atoms with E-state index in [1.165, 1.54) is 16.7 Å². The molecule has 0 radical (unpaired) electrons. The summed E-state index contributed by atoms with van der Waals surface area (Å²) in [6, 6.07) is 18.2. The van der Waals surface area contributed by atoms with Gasteiger partial charge in [0, 0.05) is 5.56 Å². The van der Waals surface area contributed by atoms with Crippen LogP contribution in [0.25, 0.3) is 6.08 Å². The van der Waals surface area contributed by atoms with Crippen molar-refractivity contribution < 1.29 is 14.3 Å². The third kappa shape index (κ3) is 4.27. The van der Waals surface area contributed by atoms with E-state index in [4.69, 9.17) is 9.47 Å². The molecule has 0 aromatic heterocycles. The molecule has 3 aromatic rings. The number of benzene rings is 3. The molecule has 0 saturated carbocycles. The quantitative estimate of drug-likeness (QED) is 0.426. The summed E-state index contributed by atoms with van der Waals surface area (Å²) >= 11 is 0. The van der Waals surface area contributed by atoms with Gasteiger partial charge in [-0.05, 0) is 67.2 Å². The molecule has 1 aliphatic heterocycles. The molecule has 3 nitrogen and oxygen atoms in total. The second-order valence-electron chi connectivity index (χ2n) is 8.55. The summed E-state index contributed by atoms with van der Waals surface area (Å²) < 4.78 is 12.1. The molecule has 0 amide bonds. The number of ether oxygens (including phenoxy) is 2. The predicted molar refractivity (Wildman–Crippen MR) is 125 cm³/mol. The lowest BCUT2D eigenvalue weighted by Gasteiger charge is -2.13. The van der Waals surface area contributed by atoms with Crippen molar-refractivity contribution in [3.63, 3.8) is 0 Å². The van der Waals surface area contributed by atoms with Crippen LogP contribution in [-0.2, 0) is 6.61 Å². The summed E-state index contributed by atoms with van der Waals surface area (Å²) in [5, 5.41) is 0. The van der Waals surface area contributed by atoms with Gasteiger partial charge in [-0.15, -0.1) is 0 Å². The van der Waals surface area contributed by atoms with Crippen LogP contribution in [0.3, 0.4) is 0 Å². The van der Waals surface area contributed by atoms with Gasteiger partial charge in [-0.25, -0.2) is 0 Å². The summed E-state index contributed by atoms with van der Waals surface area (Å²) in [4.78, 5) is 12.9. The molecular formula is C28H28O3. The number of carbonyl (C=O) groups excluding carboxylic acids is 1. The maximum Gasteiger partial charge on any atom is 0.231 e. The van der Waals surface area contributed by atoms with Gasteiger partial charge < -0.3 is 9.47 Å². The van der Waals surface area contributed by atoms with Gasteiger partial charge in [-0.3, -0.25) is 4.79 Å². The van der Waals surface area contributed by atoms with Crippen molar-refractivity contribution in [1.82, 2.24) is 0 Å². The highest BCUT2D eigenvalue weighted by atomic mass is 16.5. The van der Waals surface area contributed by atoms with Gasteiger partial charge in [0.15, 0.2) is 5.76 Å². The zero-order valence-corrected chi connectivity index (χ0v) is 18.8. The number of rotatable bonds is 5. The molecule has 0 spiro atoms. The SMILES string of the molecule is Cc1ccc(C)c(COc2ccc3c(c2C)O/C(=C\c2ccc(C(C)C)cc2)C3=O)c1. The minimum absolute atomic E-state index is 0.0906. The van der Waals surface area contributed by atoms with Gasteiger partial charge in [0.05, 0.1) is 5.56 Å². The normalized spacial score (nSPS) is 14.1. The Morgan fingerprint density at radius 1 is 0.968 bits per heavy atom. The van der Waals surface area contributed by atoms with Crippen LogP contribution < -0.4 is 9.47 Å². The molecule has 0 bridgehead atoms. The van der Waals surface area contributed by atoms with Crippen LogP contribution in [0.4, 0.5) is 0 Å². The first-order valence-corrected chi connectivity index (χ1v) is 10.7. The molecule has 0 N–H and O–H groups in total. The van der Waals surface area contributed by atoms with Crippen LogP contribution in [0.15, 0.2) is 60.4 Å². The molecule has 0 aliphatic carbocycles. The fourth-order valence-electron chi connectivity index (χ4n) is 3.76. The van der Waals surface area contributed by atoms with Gasteiger partial charge in [0.1, 0.15) is 18.1 Å². The summed E-state index contributed by atoms with van der Waals surface area (Å²) in [5.74, 6) is 2.05. The molecule has 158 valence electrons. The molecule has 0 saturated heterocycles. The van der Waals surface area contributed by atoms with Crippen molar-refractivity contribution in [3.05, 3.63) is 99.3 Å². The maximum atomic E-state index is 12.9. The van der Waals surface area contributed by atoms with Crippen molar-refractivity contribution in [1.29, 1.82) is 0 Å². The lowest BCUT2D eigenvalue weighted by atomic mass is 10.0. The molecule has 0 unspecified atom stereocenters. The van der Waals surface area contributed by atoms with Crippen molar-refractivity contribution in [2.75, 3.05) is 0 Å². The number of aryl methyl sites for hydroxylation is 2. The first-order valence-electron chi connectivity index (χ1n) is 10.7. The Balaban J connectivity index is 1.55. The van der Waals surface area contributed by atoms with E-state index < -0.39 is 0 Å². The Labute approximate surface area is 184 Å². The fourth-order valence-corrected chi connectivity index (χ4v) is 3.76. The standard InChI is InChI=1S/C28H28O3/c1-17(2)22-10-8-21(9-11-22)15-26-27(29)24-12-13-25(20(5)28(24)31-26)30-16-23-14-18(3)6-7-19(23)4/h6-15,17H,16H2,1-5H3/b26-15-. The van der Waals surface area contributed by atoms with Gasteiger partial charge >= 0.3 is 0 Å². The first kappa shape index (κ1) is 20.9. The van der Waals surface area contributed by atoms with Crippen molar-refractivity contribution in [2.45, 2.75) is 47.1 Å². The molecule has 0 atom stereocenters. The third-order valence-electron chi connectivity index (χ3n) is 5.83. The lowest BCUT2D eigenvalue weighted by Crippen LogP contribution is -2.00. The lowest BCUT2D eigenvalue weighted by molar-refractivity contribution is 0.101. The van der Waals surface area contributed by atoms with E-state index >= 15 is 0 Å². The van der Waals surface area contributed by atoms with Crippen LogP contribution in [-0.4, -0.2) is 5.78 Å². The molecule has 4 rings (SSSR count). The zero-order chi connectivity index (χ0) is 22.1. The van der Waals surface area contributed by atoms with E-state index in [1.54, 1.807) is 6.07 Å². The Morgan fingerprint density at radius 3 is 2.42 bits per heavy atom.